The summed E-state index contributed by atoms with van der Waals surface area (Å²) in [5.74, 6) is 0.523. The number of carbonyl (C=O) groups excluding carboxylic acids is 1. The van der Waals surface area contributed by atoms with Crippen LogP contribution in [0.1, 0.15) is 29.8 Å². The molecule has 2 heterocycles. The van der Waals surface area contributed by atoms with E-state index in [1.165, 1.54) is 0 Å². The second-order valence-electron chi connectivity index (χ2n) is 7.32. The first kappa shape index (κ1) is 18.0. The van der Waals surface area contributed by atoms with E-state index in [0.717, 1.165) is 16.6 Å². The minimum atomic E-state index is -0.238. The van der Waals surface area contributed by atoms with Crippen LogP contribution in [0, 0.1) is 5.92 Å². The van der Waals surface area contributed by atoms with Crippen LogP contribution in [0.4, 0.5) is 5.82 Å². The van der Waals surface area contributed by atoms with Crippen molar-refractivity contribution in [3.8, 4) is 0 Å². The molecule has 0 radical (unpaired) electrons. The van der Waals surface area contributed by atoms with Gasteiger partial charge in [-0.3, -0.25) is 4.79 Å². The molecule has 0 fully saturated rings. The molecule has 6 heteroatoms. The van der Waals surface area contributed by atoms with Gasteiger partial charge >= 0.3 is 0 Å². The maximum absolute atomic E-state index is 13.0. The Balaban J connectivity index is 1.80. The molecule has 2 aromatic heterocycles. The van der Waals surface area contributed by atoms with Gasteiger partial charge in [0.25, 0.3) is 5.91 Å². The predicted octanol–water partition coefficient (Wildman–Crippen LogP) is 3.75. The number of nitrogens with two attached hydrogens (primary N) is 1. The van der Waals surface area contributed by atoms with E-state index in [1.54, 1.807) is 0 Å². The van der Waals surface area contributed by atoms with Crippen LogP contribution in [-0.2, 0) is 13.1 Å². The van der Waals surface area contributed by atoms with Crippen molar-refractivity contribution >= 4 is 33.9 Å². The molecule has 0 bridgehead atoms. The molecule has 0 saturated heterocycles. The number of benzene rings is 2. The normalized spacial score (nSPS) is 11.4. The zero-order valence-corrected chi connectivity index (χ0v) is 16.0. The van der Waals surface area contributed by atoms with Crippen LogP contribution in [0.5, 0.6) is 0 Å². The number of hydrogen-bond donors (Lipinski definition) is 2. The highest BCUT2D eigenvalue weighted by Crippen LogP contribution is 2.28. The van der Waals surface area contributed by atoms with Gasteiger partial charge in [-0.05, 0) is 23.6 Å². The molecule has 4 rings (SSSR count). The van der Waals surface area contributed by atoms with Gasteiger partial charge in [0, 0.05) is 13.1 Å². The van der Waals surface area contributed by atoms with Crippen molar-refractivity contribution in [3.05, 3.63) is 65.7 Å². The average Bonchev–Trinajstić information content (AvgIpc) is 2.95. The lowest BCUT2D eigenvalue weighted by Gasteiger charge is -2.10. The van der Waals surface area contributed by atoms with E-state index >= 15 is 0 Å². The van der Waals surface area contributed by atoms with Gasteiger partial charge in [0.05, 0.1) is 11.0 Å². The number of rotatable bonds is 5. The fraction of sp³-hybridized carbons (Fsp3) is 0.227. The quantitative estimate of drug-likeness (QED) is 0.558. The van der Waals surface area contributed by atoms with Crippen molar-refractivity contribution < 1.29 is 4.79 Å². The minimum Gasteiger partial charge on any atom is -0.384 e. The average molecular weight is 373 g/mol. The molecular weight excluding hydrogens is 350 g/mol. The second kappa shape index (κ2) is 7.31. The summed E-state index contributed by atoms with van der Waals surface area (Å²) >= 11 is 0. The Kier molecular flexibility index (Phi) is 4.69. The number of hydrogen-bond acceptors (Lipinski definition) is 4. The number of anilines is 1. The monoisotopic (exact) mass is 373 g/mol. The summed E-state index contributed by atoms with van der Waals surface area (Å²) in [5.41, 5.74) is 10.6. The van der Waals surface area contributed by atoms with Crippen LogP contribution in [0.15, 0.2) is 54.6 Å². The first-order valence-corrected chi connectivity index (χ1v) is 9.41. The second-order valence-corrected chi connectivity index (χ2v) is 7.32. The van der Waals surface area contributed by atoms with Crippen molar-refractivity contribution in [1.82, 2.24) is 19.9 Å². The van der Waals surface area contributed by atoms with Crippen LogP contribution in [0.3, 0.4) is 0 Å². The Morgan fingerprint density at radius 2 is 1.68 bits per heavy atom. The van der Waals surface area contributed by atoms with Crippen molar-refractivity contribution in [2.75, 3.05) is 5.73 Å². The number of amides is 1. The van der Waals surface area contributed by atoms with Gasteiger partial charge in [-0.25, -0.2) is 9.97 Å². The van der Waals surface area contributed by atoms with Gasteiger partial charge in [0.1, 0.15) is 16.9 Å². The number of nitrogens with one attached hydrogen (secondary N) is 1. The molecule has 0 aliphatic rings. The number of carbonyl (C=O) groups is 1. The smallest absolute Gasteiger partial charge is 0.257 e. The third-order valence-corrected chi connectivity index (χ3v) is 4.66. The molecule has 142 valence electrons. The van der Waals surface area contributed by atoms with E-state index in [-0.39, 0.29) is 5.91 Å². The third-order valence-electron chi connectivity index (χ3n) is 4.66. The highest BCUT2D eigenvalue weighted by Gasteiger charge is 2.24. The van der Waals surface area contributed by atoms with Crippen LogP contribution in [-0.4, -0.2) is 20.4 Å². The van der Waals surface area contributed by atoms with Crippen LogP contribution < -0.4 is 11.1 Å². The Morgan fingerprint density at radius 1 is 1.04 bits per heavy atom. The molecule has 0 unspecified atom stereocenters. The maximum atomic E-state index is 13.0. The predicted molar refractivity (Wildman–Crippen MR) is 112 cm³/mol. The Morgan fingerprint density at radius 3 is 2.36 bits per heavy atom. The summed E-state index contributed by atoms with van der Waals surface area (Å²) in [4.78, 5) is 22.5. The van der Waals surface area contributed by atoms with Crippen molar-refractivity contribution in [3.63, 3.8) is 0 Å². The maximum Gasteiger partial charge on any atom is 0.257 e. The number of para-hydroxylation sites is 2. The summed E-state index contributed by atoms with van der Waals surface area (Å²) < 4.78 is 1.90. The van der Waals surface area contributed by atoms with Gasteiger partial charge in [0.15, 0.2) is 5.65 Å². The lowest BCUT2D eigenvalue weighted by atomic mass is 10.2. The third kappa shape index (κ3) is 3.29. The van der Waals surface area contributed by atoms with E-state index < -0.39 is 0 Å². The molecule has 2 aromatic carbocycles. The SMILES string of the molecule is CC(C)Cn1c(N)c(C(=O)NCc2ccccc2)c2nc3ccccc3nc21. The summed E-state index contributed by atoms with van der Waals surface area (Å²) in [5, 5.41) is 2.96. The number of fused-ring (bicyclic) bond motifs is 2. The molecule has 0 aliphatic carbocycles. The summed E-state index contributed by atoms with van der Waals surface area (Å²) in [6, 6.07) is 17.4. The van der Waals surface area contributed by atoms with E-state index in [0.29, 0.717) is 41.6 Å². The first-order valence-electron chi connectivity index (χ1n) is 9.41. The molecule has 4 aromatic rings. The first-order chi connectivity index (χ1) is 13.5. The molecule has 28 heavy (non-hydrogen) atoms. The van der Waals surface area contributed by atoms with Gasteiger partial charge in [-0.2, -0.15) is 0 Å². The molecule has 3 N–H and O–H groups in total. The van der Waals surface area contributed by atoms with Crippen molar-refractivity contribution in [1.29, 1.82) is 0 Å². The lowest BCUT2D eigenvalue weighted by molar-refractivity contribution is 0.0953. The molecule has 0 saturated carbocycles. The number of aromatic nitrogens is 3. The fourth-order valence-corrected chi connectivity index (χ4v) is 3.36. The zero-order chi connectivity index (χ0) is 19.7. The Hall–Kier alpha value is -3.41. The topological polar surface area (TPSA) is 85.8 Å². The summed E-state index contributed by atoms with van der Waals surface area (Å²) in [6.45, 7) is 5.31. The number of nitrogen functional groups attached to an aromatic ring is 1. The highest BCUT2D eigenvalue weighted by molar-refractivity contribution is 6.10. The highest BCUT2D eigenvalue weighted by atomic mass is 16.1. The minimum absolute atomic E-state index is 0.238. The summed E-state index contributed by atoms with van der Waals surface area (Å²) in [6.07, 6.45) is 0. The van der Waals surface area contributed by atoms with E-state index in [2.05, 4.69) is 19.2 Å². The van der Waals surface area contributed by atoms with Gasteiger partial charge in [-0.15, -0.1) is 0 Å². The van der Waals surface area contributed by atoms with Gasteiger partial charge in [-0.1, -0.05) is 56.3 Å². The molecule has 0 atom stereocenters. The van der Waals surface area contributed by atoms with Gasteiger partial charge < -0.3 is 15.6 Å². The summed E-state index contributed by atoms with van der Waals surface area (Å²) in [7, 11) is 0. The van der Waals surface area contributed by atoms with Crippen LogP contribution in [0.25, 0.3) is 22.2 Å². The Labute approximate surface area is 163 Å². The molecular formula is C22H23N5O. The largest absolute Gasteiger partial charge is 0.384 e. The van der Waals surface area contributed by atoms with Crippen molar-refractivity contribution in [2.24, 2.45) is 5.92 Å². The standard InChI is InChI=1S/C22H23N5O/c1-14(2)13-27-20(23)18(22(28)24-12-15-8-4-3-5-9-15)19-21(27)26-17-11-7-6-10-16(17)25-19/h3-11,14H,12-13,23H2,1-2H3,(H,24,28). The zero-order valence-electron chi connectivity index (χ0n) is 16.0. The lowest BCUT2D eigenvalue weighted by Crippen LogP contribution is -2.24. The van der Waals surface area contributed by atoms with E-state index in [1.807, 2.05) is 59.2 Å². The Bertz CT molecular complexity index is 1150. The fourth-order valence-electron chi connectivity index (χ4n) is 3.36. The van der Waals surface area contributed by atoms with Crippen molar-refractivity contribution in [2.45, 2.75) is 26.9 Å². The molecule has 1 amide bonds. The number of nitrogens with zero attached hydrogens (tertiary/aromatic N) is 3. The van der Waals surface area contributed by atoms with Gasteiger partial charge in [0.2, 0.25) is 0 Å². The van der Waals surface area contributed by atoms with E-state index in [4.69, 9.17) is 15.7 Å². The molecule has 0 aliphatic heterocycles. The van der Waals surface area contributed by atoms with E-state index in [9.17, 15) is 4.79 Å². The van der Waals surface area contributed by atoms with Crippen LogP contribution in [0.2, 0.25) is 0 Å². The van der Waals surface area contributed by atoms with Crippen LogP contribution >= 0.6 is 0 Å². The molecule has 0 spiro atoms. The molecule has 6 nitrogen and oxygen atoms in total.